The molecule has 0 heterocycles. The summed E-state index contributed by atoms with van der Waals surface area (Å²) in [5.74, 6) is -0.152. The van der Waals surface area contributed by atoms with E-state index in [1.165, 1.54) is 4.90 Å². The fourth-order valence-electron chi connectivity index (χ4n) is 1.40. The molecule has 0 aromatic heterocycles. The monoisotopic (exact) mass is 307 g/mol. The lowest BCUT2D eigenvalue weighted by Gasteiger charge is -2.28. The van der Waals surface area contributed by atoms with E-state index in [0.717, 1.165) is 0 Å². The van der Waals surface area contributed by atoms with Crippen LogP contribution >= 0.6 is 15.9 Å². The largest absolute Gasteiger partial charge is 0.465 e. The van der Waals surface area contributed by atoms with Crippen LogP contribution in [0.4, 0.5) is 0 Å². The maximum atomic E-state index is 12.1. The molecule has 0 aliphatic rings. The average Bonchev–Trinajstić information content (AvgIpc) is 2.13. The highest BCUT2D eigenvalue weighted by Crippen LogP contribution is 2.20. The first-order valence-corrected chi connectivity index (χ1v) is 6.61. The van der Waals surface area contributed by atoms with Gasteiger partial charge in [0.05, 0.1) is 10.9 Å². The minimum absolute atomic E-state index is 0.0138. The van der Waals surface area contributed by atoms with E-state index in [1.807, 2.05) is 13.8 Å². The van der Waals surface area contributed by atoms with Gasteiger partial charge in [-0.2, -0.15) is 0 Å². The van der Waals surface area contributed by atoms with Crippen LogP contribution in [-0.4, -0.2) is 40.8 Å². The molecule has 0 saturated carbocycles. The van der Waals surface area contributed by atoms with Gasteiger partial charge in [-0.1, -0.05) is 29.8 Å². The summed E-state index contributed by atoms with van der Waals surface area (Å²) in [6, 6.07) is 0. The normalized spacial score (nSPS) is 11.5. The Morgan fingerprint density at radius 1 is 1.35 bits per heavy atom. The van der Waals surface area contributed by atoms with Crippen LogP contribution in [-0.2, 0) is 14.3 Å². The molecule has 4 nitrogen and oxygen atoms in total. The van der Waals surface area contributed by atoms with Gasteiger partial charge in [-0.05, 0) is 26.7 Å². The molecule has 0 aromatic carbocycles. The first-order valence-electron chi connectivity index (χ1n) is 5.82. The van der Waals surface area contributed by atoms with Gasteiger partial charge in [0.1, 0.15) is 6.54 Å². The molecule has 0 aliphatic heterocycles. The van der Waals surface area contributed by atoms with Crippen molar-refractivity contribution in [2.45, 2.75) is 38.9 Å². The predicted molar refractivity (Wildman–Crippen MR) is 71.1 cm³/mol. The number of esters is 1. The van der Waals surface area contributed by atoms with Crippen molar-refractivity contribution in [3.8, 4) is 0 Å². The van der Waals surface area contributed by atoms with Crippen molar-refractivity contribution in [2.24, 2.45) is 5.92 Å². The topological polar surface area (TPSA) is 46.6 Å². The van der Waals surface area contributed by atoms with E-state index in [4.69, 9.17) is 4.74 Å². The number of hydrogen-bond acceptors (Lipinski definition) is 3. The molecule has 0 bridgehead atoms. The van der Waals surface area contributed by atoms with Gasteiger partial charge in [0.25, 0.3) is 0 Å². The summed E-state index contributed by atoms with van der Waals surface area (Å²) < 4.78 is 4.21. The minimum atomic E-state index is -0.658. The second-order valence-electron chi connectivity index (χ2n) is 4.86. The van der Waals surface area contributed by atoms with Crippen molar-refractivity contribution in [2.75, 3.05) is 19.7 Å². The van der Waals surface area contributed by atoms with Gasteiger partial charge in [-0.15, -0.1) is 0 Å². The Labute approximate surface area is 112 Å². The highest BCUT2D eigenvalue weighted by atomic mass is 79.9. The van der Waals surface area contributed by atoms with E-state index >= 15 is 0 Å². The zero-order valence-corrected chi connectivity index (χ0v) is 12.8. The Kier molecular flexibility index (Phi) is 6.75. The zero-order chi connectivity index (χ0) is 13.6. The van der Waals surface area contributed by atoms with Gasteiger partial charge < -0.3 is 9.64 Å². The summed E-state index contributed by atoms with van der Waals surface area (Å²) in [6.45, 7) is 10.2. The molecule has 0 aliphatic carbocycles. The summed E-state index contributed by atoms with van der Waals surface area (Å²) >= 11 is 3.32. The van der Waals surface area contributed by atoms with E-state index in [2.05, 4.69) is 15.9 Å². The van der Waals surface area contributed by atoms with E-state index in [-0.39, 0.29) is 18.4 Å². The highest BCUT2D eigenvalue weighted by Gasteiger charge is 2.30. The van der Waals surface area contributed by atoms with Gasteiger partial charge >= 0.3 is 5.97 Å². The van der Waals surface area contributed by atoms with Crippen molar-refractivity contribution in [3.05, 3.63) is 0 Å². The first kappa shape index (κ1) is 16.4. The van der Waals surface area contributed by atoms with Crippen LogP contribution in [0.2, 0.25) is 0 Å². The van der Waals surface area contributed by atoms with Crippen LogP contribution in [0, 0.1) is 5.92 Å². The van der Waals surface area contributed by atoms with E-state index in [1.54, 1.807) is 20.8 Å². The van der Waals surface area contributed by atoms with Gasteiger partial charge in [0.15, 0.2) is 0 Å². The third kappa shape index (κ3) is 6.66. The third-order valence-corrected chi connectivity index (χ3v) is 2.35. The van der Waals surface area contributed by atoms with Crippen molar-refractivity contribution in [1.29, 1.82) is 0 Å². The molecule has 0 saturated heterocycles. The molecule has 5 heteroatoms. The number of ether oxygens (including phenoxy) is 1. The molecule has 0 aromatic rings. The fourth-order valence-corrected chi connectivity index (χ4v) is 1.65. The fraction of sp³-hybridized carbons (Fsp3) is 0.833. The van der Waals surface area contributed by atoms with E-state index < -0.39 is 4.32 Å². The second-order valence-corrected chi connectivity index (χ2v) is 6.84. The number of hydrogen-bond donors (Lipinski definition) is 0. The lowest BCUT2D eigenvalue weighted by Crippen LogP contribution is -2.46. The van der Waals surface area contributed by atoms with Gasteiger partial charge in [0, 0.05) is 6.54 Å². The van der Waals surface area contributed by atoms with E-state index in [0.29, 0.717) is 19.1 Å². The molecule has 0 N–H and O–H groups in total. The number of halogens is 1. The highest BCUT2D eigenvalue weighted by molar-refractivity contribution is 9.10. The molecule has 0 atom stereocenters. The molecule has 0 unspecified atom stereocenters. The van der Waals surface area contributed by atoms with Gasteiger partial charge in [-0.3, -0.25) is 9.59 Å². The van der Waals surface area contributed by atoms with Crippen molar-refractivity contribution in [1.82, 2.24) is 4.90 Å². The van der Waals surface area contributed by atoms with Crippen LogP contribution in [0.1, 0.15) is 34.6 Å². The van der Waals surface area contributed by atoms with Gasteiger partial charge in [0.2, 0.25) is 5.91 Å². The third-order valence-electron chi connectivity index (χ3n) is 2.01. The smallest absolute Gasteiger partial charge is 0.325 e. The van der Waals surface area contributed by atoms with Crippen LogP contribution in [0.3, 0.4) is 0 Å². The lowest BCUT2D eigenvalue weighted by atomic mass is 10.1. The summed E-state index contributed by atoms with van der Waals surface area (Å²) in [7, 11) is 0. The number of rotatable bonds is 6. The Balaban J connectivity index is 4.65. The average molecular weight is 308 g/mol. The number of amides is 1. The quantitative estimate of drug-likeness (QED) is 0.558. The molecule has 100 valence electrons. The number of alkyl halides is 1. The molecule has 0 radical (unpaired) electrons. The van der Waals surface area contributed by atoms with Crippen molar-refractivity contribution in [3.63, 3.8) is 0 Å². The molecular formula is C12H22BrNO3. The Morgan fingerprint density at radius 3 is 2.24 bits per heavy atom. The van der Waals surface area contributed by atoms with Crippen LogP contribution in [0.15, 0.2) is 0 Å². The number of carbonyl (C=O) groups is 2. The van der Waals surface area contributed by atoms with E-state index in [9.17, 15) is 9.59 Å². The summed E-state index contributed by atoms with van der Waals surface area (Å²) in [6.07, 6.45) is 0. The SMILES string of the molecule is CCOC(=O)CN(CC(C)C)C(=O)C(C)(C)Br. The molecular weight excluding hydrogens is 286 g/mol. The zero-order valence-electron chi connectivity index (χ0n) is 11.2. The van der Waals surface area contributed by atoms with Crippen LogP contribution in [0.25, 0.3) is 0 Å². The summed E-state index contributed by atoms with van der Waals surface area (Å²) in [5, 5.41) is 0. The molecule has 0 fully saturated rings. The molecule has 17 heavy (non-hydrogen) atoms. The maximum absolute atomic E-state index is 12.1. The van der Waals surface area contributed by atoms with Crippen molar-refractivity contribution < 1.29 is 14.3 Å². The van der Waals surface area contributed by atoms with Gasteiger partial charge in [-0.25, -0.2) is 0 Å². The molecule has 0 spiro atoms. The maximum Gasteiger partial charge on any atom is 0.325 e. The Morgan fingerprint density at radius 2 is 1.88 bits per heavy atom. The van der Waals surface area contributed by atoms with Crippen LogP contribution in [0.5, 0.6) is 0 Å². The Bertz CT molecular complexity index is 271. The first-order chi connectivity index (χ1) is 7.68. The minimum Gasteiger partial charge on any atom is -0.465 e. The van der Waals surface area contributed by atoms with Crippen LogP contribution < -0.4 is 0 Å². The predicted octanol–water partition coefficient (Wildman–Crippen LogP) is 2.21. The Hall–Kier alpha value is -0.580. The lowest BCUT2D eigenvalue weighted by molar-refractivity contribution is -0.149. The van der Waals surface area contributed by atoms with Crippen molar-refractivity contribution >= 4 is 27.8 Å². The standard InChI is InChI=1S/C12H22BrNO3/c1-6-17-10(15)8-14(7-9(2)3)11(16)12(4,5)13/h9H,6-8H2,1-5H3. The number of nitrogens with zero attached hydrogens (tertiary/aromatic N) is 1. The summed E-state index contributed by atoms with van der Waals surface area (Å²) in [4.78, 5) is 25.1. The number of carbonyl (C=O) groups excluding carboxylic acids is 2. The molecule has 1 amide bonds. The second kappa shape index (κ2) is 6.99. The summed E-state index contributed by atoms with van der Waals surface area (Å²) in [5.41, 5.74) is 0. The molecule has 0 rings (SSSR count).